The first-order valence-electron chi connectivity index (χ1n) is 4.63. The number of benzene rings is 1. The molecule has 2 rings (SSSR count). The van der Waals surface area contributed by atoms with Crippen LogP contribution >= 0.6 is 15.9 Å². The Morgan fingerprint density at radius 3 is 2.50 bits per heavy atom. The van der Waals surface area contributed by atoms with Crippen molar-refractivity contribution in [1.29, 1.82) is 0 Å². The molecule has 1 aromatic carbocycles. The van der Waals surface area contributed by atoms with Crippen LogP contribution in [0, 0.1) is 5.92 Å². The summed E-state index contributed by atoms with van der Waals surface area (Å²) >= 11 is 3.37. The van der Waals surface area contributed by atoms with Crippen molar-refractivity contribution in [1.82, 2.24) is 0 Å². The molecule has 14 heavy (non-hydrogen) atoms. The molecule has 0 spiro atoms. The molecular weight excluding hydrogens is 244 g/mol. The molecule has 1 aromatic rings. The molecule has 1 fully saturated rings. The zero-order valence-corrected chi connectivity index (χ0v) is 9.45. The highest BCUT2D eigenvalue weighted by molar-refractivity contribution is 9.10. The zero-order valence-electron chi connectivity index (χ0n) is 7.87. The maximum Gasteiger partial charge on any atom is 0.309 e. The maximum atomic E-state index is 11.2. The fourth-order valence-electron chi connectivity index (χ4n) is 1.60. The van der Waals surface area contributed by atoms with Gasteiger partial charge >= 0.3 is 5.97 Å². The fraction of sp³-hybridized carbons (Fsp3) is 0.364. The molecule has 0 aromatic heterocycles. The van der Waals surface area contributed by atoms with Crippen LogP contribution in [-0.4, -0.2) is 5.97 Å². The summed E-state index contributed by atoms with van der Waals surface area (Å²) in [5.74, 6) is -0.0541. The predicted octanol–water partition coefficient (Wildman–Crippen LogP) is 3.07. The summed E-state index contributed by atoms with van der Waals surface area (Å²) in [6.07, 6.45) is 0.742. The number of esters is 1. The lowest BCUT2D eigenvalue weighted by atomic mass is 10.0. The van der Waals surface area contributed by atoms with Gasteiger partial charge in [0.1, 0.15) is 6.10 Å². The molecule has 74 valence electrons. The Morgan fingerprint density at radius 2 is 2.00 bits per heavy atom. The van der Waals surface area contributed by atoms with Gasteiger partial charge in [0.25, 0.3) is 0 Å². The fourth-order valence-corrected chi connectivity index (χ4v) is 1.87. The summed E-state index contributed by atoms with van der Waals surface area (Å²) in [6, 6.07) is 7.90. The molecule has 1 saturated heterocycles. The third-order valence-corrected chi connectivity index (χ3v) is 3.00. The van der Waals surface area contributed by atoms with Crippen molar-refractivity contribution < 1.29 is 9.53 Å². The molecule has 1 aliphatic heterocycles. The third-order valence-electron chi connectivity index (χ3n) is 2.47. The lowest BCUT2D eigenvalue weighted by Crippen LogP contribution is -2.01. The smallest absolute Gasteiger partial charge is 0.309 e. The van der Waals surface area contributed by atoms with Crippen molar-refractivity contribution in [3.05, 3.63) is 34.3 Å². The lowest BCUT2D eigenvalue weighted by Gasteiger charge is -2.08. The molecular formula is C11H11BrO2. The number of rotatable bonds is 1. The molecule has 0 amide bonds. The SMILES string of the molecule is C[C@@H]1C[C@@H](c2ccc(Br)cc2)OC1=O. The van der Waals surface area contributed by atoms with Crippen LogP contribution in [0.3, 0.4) is 0 Å². The van der Waals surface area contributed by atoms with E-state index in [4.69, 9.17) is 4.74 Å². The molecule has 2 nitrogen and oxygen atoms in total. The molecule has 0 saturated carbocycles. The van der Waals surface area contributed by atoms with E-state index in [1.165, 1.54) is 0 Å². The minimum Gasteiger partial charge on any atom is -0.457 e. The highest BCUT2D eigenvalue weighted by Gasteiger charge is 2.31. The Balaban J connectivity index is 2.17. The molecule has 1 heterocycles. The molecule has 0 N–H and O–H groups in total. The predicted molar refractivity (Wildman–Crippen MR) is 56.8 cm³/mol. The lowest BCUT2D eigenvalue weighted by molar-refractivity contribution is -0.144. The number of carbonyl (C=O) groups excluding carboxylic acids is 1. The normalized spacial score (nSPS) is 26.3. The number of ether oxygens (including phenoxy) is 1. The first-order chi connectivity index (χ1) is 6.66. The summed E-state index contributed by atoms with van der Waals surface area (Å²) in [4.78, 5) is 11.2. The van der Waals surface area contributed by atoms with E-state index in [1.807, 2.05) is 31.2 Å². The van der Waals surface area contributed by atoms with E-state index in [2.05, 4.69) is 15.9 Å². The van der Waals surface area contributed by atoms with E-state index in [9.17, 15) is 4.79 Å². The minimum atomic E-state index is -0.0853. The van der Waals surface area contributed by atoms with Gasteiger partial charge in [-0.2, -0.15) is 0 Å². The molecule has 0 radical (unpaired) electrons. The largest absolute Gasteiger partial charge is 0.457 e. The van der Waals surface area contributed by atoms with Crippen LogP contribution in [0.4, 0.5) is 0 Å². The summed E-state index contributed by atoms with van der Waals surface area (Å²) in [6.45, 7) is 1.90. The van der Waals surface area contributed by atoms with Crippen LogP contribution in [-0.2, 0) is 9.53 Å². The first-order valence-corrected chi connectivity index (χ1v) is 5.42. The number of hydrogen-bond donors (Lipinski definition) is 0. The molecule has 0 unspecified atom stereocenters. The van der Waals surface area contributed by atoms with Crippen molar-refractivity contribution in [2.24, 2.45) is 5.92 Å². The number of carbonyl (C=O) groups is 1. The minimum absolute atomic E-state index is 0.0312. The van der Waals surface area contributed by atoms with E-state index >= 15 is 0 Å². The zero-order chi connectivity index (χ0) is 10.1. The van der Waals surface area contributed by atoms with E-state index in [1.54, 1.807) is 0 Å². The van der Waals surface area contributed by atoms with Gasteiger partial charge in [0.15, 0.2) is 0 Å². The average Bonchev–Trinajstić information content (AvgIpc) is 2.48. The highest BCUT2D eigenvalue weighted by Crippen LogP contribution is 2.33. The van der Waals surface area contributed by atoms with Crippen LogP contribution in [0.15, 0.2) is 28.7 Å². The van der Waals surface area contributed by atoms with Gasteiger partial charge in [0.05, 0.1) is 5.92 Å². The highest BCUT2D eigenvalue weighted by atomic mass is 79.9. The van der Waals surface area contributed by atoms with Crippen LogP contribution in [0.2, 0.25) is 0 Å². The van der Waals surface area contributed by atoms with Crippen LogP contribution < -0.4 is 0 Å². The quantitative estimate of drug-likeness (QED) is 0.721. The van der Waals surface area contributed by atoms with Gasteiger partial charge in [-0.25, -0.2) is 0 Å². The van der Waals surface area contributed by atoms with E-state index in [0.717, 1.165) is 16.5 Å². The van der Waals surface area contributed by atoms with Gasteiger partial charge in [-0.1, -0.05) is 35.0 Å². The van der Waals surface area contributed by atoms with Gasteiger partial charge in [0.2, 0.25) is 0 Å². The Morgan fingerprint density at radius 1 is 1.36 bits per heavy atom. The van der Waals surface area contributed by atoms with Crippen molar-refractivity contribution in [3.8, 4) is 0 Å². The van der Waals surface area contributed by atoms with Gasteiger partial charge in [-0.3, -0.25) is 4.79 Å². The standard InChI is InChI=1S/C11H11BrO2/c1-7-6-10(14-11(7)13)8-2-4-9(12)5-3-8/h2-5,7,10H,6H2,1H3/t7-,10+/m1/s1. The molecule has 1 aliphatic rings. The summed E-state index contributed by atoms with van der Waals surface area (Å²) in [5, 5.41) is 0. The summed E-state index contributed by atoms with van der Waals surface area (Å²) in [5.41, 5.74) is 1.07. The van der Waals surface area contributed by atoms with Gasteiger partial charge in [0, 0.05) is 10.9 Å². The van der Waals surface area contributed by atoms with Crippen LogP contribution in [0.25, 0.3) is 0 Å². The Hall–Kier alpha value is -0.830. The second kappa shape index (κ2) is 3.73. The van der Waals surface area contributed by atoms with E-state index in [-0.39, 0.29) is 18.0 Å². The second-order valence-electron chi connectivity index (χ2n) is 3.61. The summed E-state index contributed by atoms with van der Waals surface area (Å²) in [7, 11) is 0. The van der Waals surface area contributed by atoms with Crippen molar-refractivity contribution >= 4 is 21.9 Å². The monoisotopic (exact) mass is 254 g/mol. The molecule has 2 atom stereocenters. The second-order valence-corrected chi connectivity index (χ2v) is 4.53. The number of cyclic esters (lactones) is 1. The van der Waals surface area contributed by atoms with Crippen LogP contribution in [0.5, 0.6) is 0 Å². The third kappa shape index (κ3) is 1.82. The first kappa shape index (κ1) is 9.71. The molecule has 0 aliphatic carbocycles. The van der Waals surface area contributed by atoms with Crippen LogP contribution in [0.1, 0.15) is 25.0 Å². The van der Waals surface area contributed by atoms with E-state index < -0.39 is 0 Å². The average molecular weight is 255 g/mol. The number of halogens is 1. The summed E-state index contributed by atoms with van der Waals surface area (Å²) < 4.78 is 6.29. The van der Waals surface area contributed by atoms with Crippen molar-refractivity contribution in [2.45, 2.75) is 19.4 Å². The number of hydrogen-bond acceptors (Lipinski definition) is 2. The Labute approximate surface area is 91.4 Å². The van der Waals surface area contributed by atoms with Crippen molar-refractivity contribution in [2.75, 3.05) is 0 Å². The van der Waals surface area contributed by atoms with E-state index in [0.29, 0.717) is 0 Å². The van der Waals surface area contributed by atoms with Gasteiger partial charge < -0.3 is 4.74 Å². The molecule has 3 heteroatoms. The topological polar surface area (TPSA) is 26.3 Å². The van der Waals surface area contributed by atoms with Gasteiger partial charge in [-0.15, -0.1) is 0 Å². The molecule has 0 bridgehead atoms. The Kier molecular flexibility index (Phi) is 2.59. The Bertz CT molecular complexity index is 345. The van der Waals surface area contributed by atoms with Crippen molar-refractivity contribution in [3.63, 3.8) is 0 Å². The maximum absolute atomic E-state index is 11.2. The van der Waals surface area contributed by atoms with Gasteiger partial charge in [-0.05, 0) is 17.7 Å².